The van der Waals surface area contributed by atoms with E-state index in [0.29, 0.717) is 38.9 Å². The van der Waals surface area contributed by atoms with Crippen molar-refractivity contribution in [3.63, 3.8) is 0 Å². The van der Waals surface area contributed by atoms with Gasteiger partial charge >= 0.3 is 5.97 Å². The number of hydrogen-bond acceptors (Lipinski definition) is 7. The van der Waals surface area contributed by atoms with Crippen LogP contribution in [-0.4, -0.2) is 48.8 Å². The molecule has 4 rings (SSSR count). The second kappa shape index (κ2) is 15.3. The van der Waals surface area contributed by atoms with E-state index in [2.05, 4.69) is 16.0 Å². The summed E-state index contributed by atoms with van der Waals surface area (Å²) in [6.07, 6.45) is 1.53. The molecule has 0 fully saturated rings. The van der Waals surface area contributed by atoms with Gasteiger partial charge in [-0.1, -0.05) is 36.4 Å². The summed E-state index contributed by atoms with van der Waals surface area (Å²) >= 11 is 1.24. The van der Waals surface area contributed by atoms with Gasteiger partial charge in [0.05, 0.1) is 25.5 Å². The first-order valence-electron chi connectivity index (χ1n) is 13.6. The predicted molar refractivity (Wildman–Crippen MR) is 174 cm³/mol. The number of carbonyl (C=O) groups excluding carboxylic acids is 3. The normalized spacial score (nSPS) is 10.9. The van der Waals surface area contributed by atoms with E-state index in [-0.39, 0.29) is 22.9 Å². The number of carboxylic acid groups (broad SMARTS) is 1. The lowest BCUT2D eigenvalue weighted by molar-refractivity contribution is -0.114. The molecule has 3 amide bonds. The Morgan fingerprint density at radius 1 is 0.800 bits per heavy atom. The molecule has 4 aromatic carbocycles. The summed E-state index contributed by atoms with van der Waals surface area (Å²) in [5.41, 5.74) is 2.64. The van der Waals surface area contributed by atoms with Crippen LogP contribution in [-0.2, 0) is 9.59 Å². The van der Waals surface area contributed by atoms with Crippen molar-refractivity contribution in [3.8, 4) is 11.5 Å². The number of aryl methyl sites for hydroxylation is 1. The third kappa shape index (κ3) is 8.97. The molecule has 0 heterocycles. The maximum atomic E-state index is 13.5. The van der Waals surface area contributed by atoms with Gasteiger partial charge in [0.25, 0.3) is 11.8 Å². The Balaban J connectivity index is 1.49. The molecule has 0 unspecified atom stereocenters. The minimum atomic E-state index is -1.08. The average molecular weight is 626 g/mol. The summed E-state index contributed by atoms with van der Waals surface area (Å²) < 4.78 is 10.7. The smallest absolute Gasteiger partial charge is 0.335 e. The number of benzene rings is 4. The number of rotatable bonds is 12. The zero-order valence-electron chi connectivity index (χ0n) is 24.7. The number of carbonyl (C=O) groups is 4. The van der Waals surface area contributed by atoms with Crippen LogP contribution in [0.15, 0.2) is 102 Å². The van der Waals surface area contributed by atoms with Crippen LogP contribution in [0.3, 0.4) is 0 Å². The Bertz CT molecular complexity index is 1760. The number of ether oxygens (including phenoxy) is 2. The molecule has 0 aliphatic heterocycles. The Morgan fingerprint density at radius 2 is 1.56 bits per heavy atom. The molecule has 4 aromatic rings. The minimum Gasteiger partial charge on any atom is -0.493 e. The van der Waals surface area contributed by atoms with Crippen LogP contribution in [0.2, 0.25) is 0 Å². The Morgan fingerprint density at radius 3 is 2.27 bits per heavy atom. The first-order chi connectivity index (χ1) is 21.7. The van der Waals surface area contributed by atoms with E-state index < -0.39 is 17.8 Å². The van der Waals surface area contributed by atoms with E-state index >= 15 is 0 Å². The SMILES string of the molecule is COc1ccc(/C=C(/NC(=O)c2ccccc2)C(=O)Nc2cccc(SCC(=O)Nc3cc(C(=O)O)ccc3C)c2)cc1OC. The number of hydrogen-bond donors (Lipinski definition) is 4. The quantitative estimate of drug-likeness (QED) is 0.113. The monoisotopic (exact) mass is 625 g/mol. The fraction of sp³-hybridized carbons (Fsp3) is 0.118. The lowest BCUT2D eigenvalue weighted by atomic mass is 10.1. The number of nitrogens with one attached hydrogen (secondary N) is 3. The molecule has 0 aliphatic carbocycles. The topological polar surface area (TPSA) is 143 Å². The number of thioether (sulfide) groups is 1. The second-order valence-electron chi connectivity index (χ2n) is 9.65. The molecule has 10 nitrogen and oxygen atoms in total. The van der Waals surface area contributed by atoms with Crippen LogP contribution in [0, 0.1) is 6.92 Å². The molecule has 230 valence electrons. The van der Waals surface area contributed by atoms with Crippen LogP contribution >= 0.6 is 11.8 Å². The summed E-state index contributed by atoms with van der Waals surface area (Å²) in [5, 5.41) is 17.5. The van der Waals surface area contributed by atoms with Crippen molar-refractivity contribution in [1.82, 2.24) is 5.32 Å². The summed E-state index contributed by atoms with van der Waals surface area (Å²) in [6, 6.07) is 25.1. The van der Waals surface area contributed by atoms with Crippen LogP contribution in [0.1, 0.15) is 31.8 Å². The van der Waals surface area contributed by atoms with E-state index in [1.165, 1.54) is 44.2 Å². The number of methoxy groups -OCH3 is 2. The fourth-order valence-electron chi connectivity index (χ4n) is 4.14. The van der Waals surface area contributed by atoms with Gasteiger partial charge in [-0.25, -0.2) is 4.79 Å². The standard InChI is InChI=1S/C34H31N3O7S/c1-21-12-14-24(34(41)42)18-27(21)36-31(38)20-45-26-11-7-10-25(19-26)35-33(40)28(37-32(39)23-8-5-4-6-9-23)16-22-13-15-29(43-2)30(17-22)44-3/h4-19H,20H2,1-3H3,(H,35,40)(H,36,38)(H,37,39)(H,41,42)/b28-16+. The van der Waals surface area contributed by atoms with Gasteiger partial charge in [-0.2, -0.15) is 0 Å². The van der Waals surface area contributed by atoms with Gasteiger partial charge in [-0.05, 0) is 78.7 Å². The molecule has 0 bridgehead atoms. The van der Waals surface area contributed by atoms with E-state index in [1.807, 2.05) is 0 Å². The molecule has 0 atom stereocenters. The maximum Gasteiger partial charge on any atom is 0.335 e. The van der Waals surface area contributed by atoms with Crippen LogP contribution in [0.5, 0.6) is 11.5 Å². The lowest BCUT2D eigenvalue weighted by Gasteiger charge is -2.13. The minimum absolute atomic E-state index is 0.00697. The maximum absolute atomic E-state index is 13.5. The average Bonchev–Trinajstić information content (AvgIpc) is 3.04. The molecule has 11 heteroatoms. The number of carboxylic acids is 1. The van der Waals surface area contributed by atoms with Crippen molar-refractivity contribution in [3.05, 3.63) is 119 Å². The first kappa shape index (κ1) is 32.4. The summed E-state index contributed by atoms with van der Waals surface area (Å²) in [6.45, 7) is 1.77. The highest BCUT2D eigenvalue weighted by atomic mass is 32.2. The van der Waals surface area contributed by atoms with E-state index in [0.717, 1.165) is 5.56 Å². The van der Waals surface area contributed by atoms with Crippen molar-refractivity contribution < 1.29 is 33.8 Å². The first-order valence-corrected chi connectivity index (χ1v) is 14.6. The van der Waals surface area contributed by atoms with Crippen molar-refractivity contribution in [1.29, 1.82) is 0 Å². The van der Waals surface area contributed by atoms with Gasteiger partial charge in [-0.15, -0.1) is 11.8 Å². The molecule has 0 aliphatic rings. The highest BCUT2D eigenvalue weighted by Gasteiger charge is 2.16. The molecule has 45 heavy (non-hydrogen) atoms. The molecule has 0 aromatic heterocycles. The van der Waals surface area contributed by atoms with E-state index in [1.54, 1.807) is 85.8 Å². The summed E-state index contributed by atoms with van der Waals surface area (Å²) in [7, 11) is 3.02. The predicted octanol–water partition coefficient (Wildman–Crippen LogP) is 5.85. The van der Waals surface area contributed by atoms with Gasteiger partial charge in [0.2, 0.25) is 5.91 Å². The zero-order valence-corrected chi connectivity index (χ0v) is 25.6. The molecule has 0 saturated carbocycles. The van der Waals surface area contributed by atoms with Gasteiger partial charge in [0, 0.05) is 21.8 Å². The number of anilines is 2. The second-order valence-corrected chi connectivity index (χ2v) is 10.7. The third-order valence-corrected chi connectivity index (χ3v) is 7.46. The fourth-order valence-corrected chi connectivity index (χ4v) is 4.89. The van der Waals surface area contributed by atoms with Crippen LogP contribution in [0.4, 0.5) is 11.4 Å². The summed E-state index contributed by atoms with van der Waals surface area (Å²) in [4.78, 5) is 51.1. The van der Waals surface area contributed by atoms with Crippen molar-refractivity contribution in [2.75, 3.05) is 30.6 Å². The Labute approximate surface area is 264 Å². The lowest BCUT2D eigenvalue weighted by Crippen LogP contribution is -2.30. The number of amides is 3. The third-order valence-electron chi connectivity index (χ3n) is 6.47. The van der Waals surface area contributed by atoms with Gasteiger partial charge in [0.15, 0.2) is 11.5 Å². The van der Waals surface area contributed by atoms with Gasteiger partial charge in [-0.3, -0.25) is 14.4 Å². The van der Waals surface area contributed by atoms with Crippen molar-refractivity contribution >= 4 is 52.9 Å². The van der Waals surface area contributed by atoms with Gasteiger partial charge in [0.1, 0.15) is 5.70 Å². The largest absolute Gasteiger partial charge is 0.493 e. The summed E-state index contributed by atoms with van der Waals surface area (Å²) in [5.74, 6) is -1.41. The molecule has 0 spiro atoms. The molecule has 0 radical (unpaired) electrons. The van der Waals surface area contributed by atoms with Crippen LogP contribution < -0.4 is 25.4 Å². The van der Waals surface area contributed by atoms with Crippen molar-refractivity contribution in [2.24, 2.45) is 0 Å². The highest BCUT2D eigenvalue weighted by molar-refractivity contribution is 8.00. The highest BCUT2D eigenvalue weighted by Crippen LogP contribution is 2.29. The van der Waals surface area contributed by atoms with E-state index in [4.69, 9.17) is 9.47 Å². The molecular weight excluding hydrogens is 594 g/mol. The molecule has 0 saturated heterocycles. The number of aromatic carboxylic acids is 1. The van der Waals surface area contributed by atoms with Crippen LogP contribution in [0.25, 0.3) is 6.08 Å². The molecular formula is C34H31N3O7S. The van der Waals surface area contributed by atoms with Crippen molar-refractivity contribution in [2.45, 2.75) is 11.8 Å². The van der Waals surface area contributed by atoms with Gasteiger partial charge < -0.3 is 30.5 Å². The van der Waals surface area contributed by atoms with E-state index in [9.17, 15) is 24.3 Å². The zero-order chi connectivity index (χ0) is 32.3. The Hall–Kier alpha value is -5.55. The Kier molecular flexibility index (Phi) is 11.0. The molecule has 4 N–H and O–H groups in total.